The van der Waals surface area contributed by atoms with E-state index in [1.807, 2.05) is 30.5 Å². The van der Waals surface area contributed by atoms with Crippen LogP contribution in [0.15, 0.2) is 30.5 Å². The summed E-state index contributed by atoms with van der Waals surface area (Å²) in [5, 5.41) is 4.17. The molecule has 2 aromatic rings. The van der Waals surface area contributed by atoms with Gasteiger partial charge in [-0.2, -0.15) is 0 Å². The van der Waals surface area contributed by atoms with E-state index in [4.69, 9.17) is 0 Å². The minimum absolute atomic E-state index is 0.0459. The molecule has 19 heavy (non-hydrogen) atoms. The number of aromatic nitrogens is 1. The highest BCUT2D eigenvalue weighted by molar-refractivity contribution is 6.06. The molecule has 3 rings (SSSR count). The van der Waals surface area contributed by atoms with Gasteiger partial charge in [0.2, 0.25) is 0 Å². The van der Waals surface area contributed by atoms with Crippen molar-refractivity contribution in [2.75, 3.05) is 0 Å². The number of rotatable bonds is 3. The maximum atomic E-state index is 12.4. The second kappa shape index (κ2) is 5.08. The normalized spacial score (nSPS) is 17.7. The number of aromatic amines is 1. The first kappa shape index (κ1) is 12.3. The van der Waals surface area contributed by atoms with Crippen LogP contribution >= 0.6 is 0 Å². The van der Waals surface area contributed by atoms with Gasteiger partial charge < -0.3 is 10.3 Å². The Morgan fingerprint density at radius 1 is 1.32 bits per heavy atom. The molecule has 0 spiro atoms. The minimum atomic E-state index is 0.0459. The molecule has 1 aromatic heterocycles. The number of carbonyl (C=O) groups is 1. The molecule has 1 unspecified atom stereocenters. The fraction of sp³-hybridized carbons (Fsp3) is 0.438. The summed E-state index contributed by atoms with van der Waals surface area (Å²) in [4.78, 5) is 15.5. The lowest BCUT2D eigenvalue weighted by molar-refractivity contribution is 0.0929. The van der Waals surface area contributed by atoms with Gasteiger partial charge in [-0.3, -0.25) is 4.79 Å². The van der Waals surface area contributed by atoms with Crippen molar-refractivity contribution in [1.29, 1.82) is 0 Å². The predicted molar refractivity (Wildman–Crippen MR) is 77.2 cm³/mol. The summed E-state index contributed by atoms with van der Waals surface area (Å²) in [7, 11) is 0. The first-order valence-electron chi connectivity index (χ1n) is 7.12. The van der Waals surface area contributed by atoms with Gasteiger partial charge in [0.25, 0.3) is 5.91 Å². The molecule has 0 aliphatic heterocycles. The van der Waals surface area contributed by atoms with Gasteiger partial charge in [0, 0.05) is 28.7 Å². The lowest BCUT2D eigenvalue weighted by atomic mass is 9.99. The molecule has 100 valence electrons. The van der Waals surface area contributed by atoms with E-state index in [1.165, 1.54) is 25.7 Å². The first-order valence-corrected chi connectivity index (χ1v) is 7.12. The lowest BCUT2D eigenvalue weighted by Crippen LogP contribution is -2.37. The van der Waals surface area contributed by atoms with Crippen LogP contribution in [0.4, 0.5) is 0 Å². The largest absolute Gasteiger partial charge is 0.361 e. The van der Waals surface area contributed by atoms with E-state index in [1.54, 1.807) is 0 Å². The molecule has 2 N–H and O–H groups in total. The number of H-pyrrole nitrogens is 1. The van der Waals surface area contributed by atoms with Crippen molar-refractivity contribution in [3.63, 3.8) is 0 Å². The van der Waals surface area contributed by atoms with E-state index in [-0.39, 0.29) is 11.9 Å². The third-order valence-corrected chi connectivity index (χ3v) is 4.31. The molecule has 0 saturated heterocycles. The molecule has 1 amide bonds. The fourth-order valence-corrected chi connectivity index (χ4v) is 3.14. The van der Waals surface area contributed by atoms with E-state index in [9.17, 15) is 4.79 Å². The molecule has 1 aliphatic rings. The van der Waals surface area contributed by atoms with Crippen molar-refractivity contribution < 1.29 is 4.79 Å². The zero-order valence-electron chi connectivity index (χ0n) is 11.3. The summed E-state index contributed by atoms with van der Waals surface area (Å²) in [6, 6.07) is 8.04. The van der Waals surface area contributed by atoms with Gasteiger partial charge in [-0.1, -0.05) is 18.9 Å². The van der Waals surface area contributed by atoms with Gasteiger partial charge >= 0.3 is 0 Å². The maximum absolute atomic E-state index is 12.4. The molecule has 1 saturated carbocycles. The molecule has 1 heterocycles. The standard InChI is InChI=1S/C16H20N2O/c1-11(12-5-2-3-6-12)18-16(19)14-7-4-8-15-13(14)9-10-17-15/h4,7-12,17H,2-3,5-6H2,1H3,(H,18,19). The monoisotopic (exact) mass is 256 g/mol. The van der Waals surface area contributed by atoms with Crippen LogP contribution in [0, 0.1) is 5.92 Å². The third-order valence-electron chi connectivity index (χ3n) is 4.31. The second-order valence-electron chi connectivity index (χ2n) is 5.55. The van der Waals surface area contributed by atoms with Crippen LogP contribution in [0.5, 0.6) is 0 Å². The van der Waals surface area contributed by atoms with Crippen LogP contribution in [0.1, 0.15) is 43.0 Å². The van der Waals surface area contributed by atoms with Crippen molar-refractivity contribution in [2.45, 2.75) is 38.6 Å². The Morgan fingerprint density at radius 2 is 2.11 bits per heavy atom. The van der Waals surface area contributed by atoms with E-state index < -0.39 is 0 Å². The topological polar surface area (TPSA) is 44.9 Å². The Labute approximate surface area is 113 Å². The zero-order valence-corrected chi connectivity index (χ0v) is 11.3. The van der Waals surface area contributed by atoms with Crippen LogP contribution < -0.4 is 5.32 Å². The van der Waals surface area contributed by atoms with E-state index >= 15 is 0 Å². The van der Waals surface area contributed by atoms with E-state index in [2.05, 4.69) is 17.2 Å². The summed E-state index contributed by atoms with van der Waals surface area (Å²) in [5.41, 5.74) is 1.78. The van der Waals surface area contributed by atoms with Crippen LogP contribution in [0.3, 0.4) is 0 Å². The Balaban J connectivity index is 1.78. The Kier molecular flexibility index (Phi) is 3.28. The molecule has 1 aliphatic carbocycles. The van der Waals surface area contributed by atoms with Gasteiger partial charge in [-0.25, -0.2) is 0 Å². The zero-order chi connectivity index (χ0) is 13.2. The smallest absolute Gasteiger partial charge is 0.252 e. The molecule has 1 aromatic carbocycles. The average Bonchev–Trinajstić information content (AvgIpc) is 3.08. The van der Waals surface area contributed by atoms with Crippen molar-refractivity contribution in [2.24, 2.45) is 5.92 Å². The van der Waals surface area contributed by atoms with Gasteiger partial charge in [-0.05, 0) is 43.9 Å². The van der Waals surface area contributed by atoms with Gasteiger partial charge in [-0.15, -0.1) is 0 Å². The quantitative estimate of drug-likeness (QED) is 0.867. The van der Waals surface area contributed by atoms with Gasteiger partial charge in [0.05, 0.1) is 0 Å². The number of hydrogen-bond donors (Lipinski definition) is 2. The predicted octanol–water partition coefficient (Wildman–Crippen LogP) is 3.48. The van der Waals surface area contributed by atoms with Crippen molar-refractivity contribution in [3.05, 3.63) is 36.0 Å². The summed E-state index contributed by atoms with van der Waals surface area (Å²) < 4.78 is 0. The van der Waals surface area contributed by atoms with Crippen LogP contribution in [-0.4, -0.2) is 16.9 Å². The number of nitrogens with one attached hydrogen (secondary N) is 2. The Hall–Kier alpha value is -1.77. The summed E-state index contributed by atoms with van der Waals surface area (Å²) >= 11 is 0. The van der Waals surface area contributed by atoms with Crippen LogP contribution in [-0.2, 0) is 0 Å². The number of benzene rings is 1. The molecule has 3 heteroatoms. The van der Waals surface area contributed by atoms with Crippen molar-refractivity contribution in [3.8, 4) is 0 Å². The number of fused-ring (bicyclic) bond motifs is 1. The number of amides is 1. The summed E-state index contributed by atoms with van der Waals surface area (Å²) in [6.45, 7) is 2.13. The van der Waals surface area contributed by atoms with Crippen LogP contribution in [0.25, 0.3) is 10.9 Å². The highest BCUT2D eigenvalue weighted by Gasteiger charge is 2.23. The Morgan fingerprint density at radius 3 is 2.89 bits per heavy atom. The van der Waals surface area contributed by atoms with Crippen LogP contribution in [0.2, 0.25) is 0 Å². The molecule has 0 bridgehead atoms. The van der Waals surface area contributed by atoms with Gasteiger partial charge in [0.15, 0.2) is 0 Å². The minimum Gasteiger partial charge on any atom is -0.361 e. The van der Waals surface area contributed by atoms with E-state index in [0.717, 1.165) is 16.5 Å². The molecular weight excluding hydrogens is 236 g/mol. The Bertz CT molecular complexity index is 581. The third kappa shape index (κ3) is 2.37. The highest BCUT2D eigenvalue weighted by atomic mass is 16.1. The first-order chi connectivity index (χ1) is 9.25. The maximum Gasteiger partial charge on any atom is 0.252 e. The SMILES string of the molecule is CC(NC(=O)c1cccc2[nH]ccc12)C1CCCC1. The molecule has 3 nitrogen and oxygen atoms in total. The average molecular weight is 256 g/mol. The fourth-order valence-electron chi connectivity index (χ4n) is 3.14. The molecule has 1 atom stereocenters. The molecule has 0 radical (unpaired) electrons. The molecule has 1 fully saturated rings. The van der Waals surface area contributed by atoms with Crippen molar-refractivity contribution in [1.82, 2.24) is 10.3 Å². The van der Waals surface area contributed by atoms with E-state index in [0.29, 0.717) is 5.92 Å². The highest BCUT2D eigenvalue weighted by Crippen LogP contribution is 2.28. The summed E-state index contributed by atoms with van der Waals surface area (Å²) in [6.07, 6.45) is 6.98. The second-order valence-corrected chi connectivity index (χ2v) is 5.55. The summed E-state index contributed by atoms with van der Waals surface area (Å²) in [5.74, 6) is 0.693. The van der Waals surface area contributed by atoms with Gasteiger partial charge in [0.1, 0.15) is 0 Å². The van der Waals surface area contributed by atoms with Crippen molar-refractivity contribution >= 4 is 16.8 Å². The molecular formula is C16H20N2O. The number of carbonyl (C=O) groups excluding carboxylic acids is 1. The lowest BCUT2D eigenvalue weighted by Gasteiger charge is -2.20. The number of hydrogen-bond acceptors (Lipinski definition) is 1.